The van der Waals surface area contributed by atoms with E-state index in [-0.39, 0.29) is 11.7 Å². The molecule has 1 amide bonds. The van der Waals surface area contributed by atoms with E-state index in [0.29, 0.717) is 5.75 Å². The van der Waals surface area contributed by atoms with Gasteiger partial charge in [-0.3, -0.25) is 9.59 Å². The van der Waals surface area contributed by atoms with Crippen molar-refractivity contribution in [3.05, 3.63) is 59.7 Å². The molecule has 4 heteroatoms. The van der Waals surface area contributed by atoms with Gasteiger partial charge in [-0.2, -0.15) is 0 Å². The number of Topliss-reactive ketones (excluding diaryl/α,β-unsaturated/α-hetero) is 1. The van der Waals surface area contributed by atoms with Gasteiger partial charge in [0.2, 0.25) is 5.91 Å². The predicted molar refractivity (Wildman–Crippen MR) is 101 cm³/mol. The van der Waals surface area contributed by atoms with E-state index in [4.69, 9.17) is 0 Å². The van der Waals surface area contributed by atoms with Gasteiger partial charge < -0.3 is 5.32 Å². The molecule has 0 atom stereocenters. The Kier molecular flexibility index (Phi) is 7.07. The minimum atomic E-state index is -0.0898. The zero-order chi connectivity index (χ0) is 17.4. The molecule has 0 unspecified atom stereocenters. The van der Waals surface area contributed by atoms with Crippen LogP contribution in [0.5, 0.6) is 0 Å². The molecule has 0 spiro atoms. The van der Waals surface area contributed by atoms with E-state index in [1.807, 2.05) is 36.4 Å². The number of hydrogen-bond acceptors (Lipinski definition) is 3. The first-order chi connectivity index (χ1) is 11.6. The number of thioether (sulfide) groups is 1. The predicted octanol–water partition coefficient (Wildman–Crippen LogP) is 4.96. The fraction of sp³-hybridized carbons (Fsp3) is 0.300. The topological polar surface area (TPSA) is 46.2 Å². The smallest absolute Gasteiger partial charge is 0.221 e. The molecule has 2 aromatic carbocycles. The fourth-order valence-electron chi connectivity index (χ4n) is 2.31. The lowest BCUT2D eigenvalue weighted by molar-refractivity contribution is -0.114. The third-order valence-electron chi connectivity index (χ3n) is 3.64. The van der Waals surface area contributed by atoms with Crippen LogP contribution in [0.2, 0.25) is 0 Å². The Bertz CT molecular complexity index is 678. The van der Waals surface area contributed by atoms with Crippen LogP contribution in [-0.2, 0) is 11.2 Å². The van der Waals surface area contributed by atoms with Crippen molar-refractivity contribution >= 4 is 29.1 Å². The highest BCUT2D eigenvalue weighted by molar-refractivity contribution is 8.00. The zero-order valence-electron chi connectivity index (χ0n) is 14.2. The van der Waals surface area contributed by atoms with Crippen molar-refractivity contribution in [3.8, 4) is 0 Å². The number of aryl methyl sites for hydroxylation is 1. The van der Waals surface area contributed by atoms with E-state index in [2.05, 4.69) is 24.4 Å². The minimum absolute atomic E-state index is 0.0898. The first-order valence-corrected chi connectivity index (χ1v) is 9.19. The number of carbonyl (C=O) groups excluding carboxylic acids is 2. The zero-order valence-corrected chi connectivity index (χ0v) is 15.0. The van der Waals surface area contributed by atoms with Crippen molar-refractivity contribution in [2.75, 3.05) is 11.1 Å². The van der Waals surface area contributed by atoms with Gasteiger partial charge in [0.1, 0.15) is 0 Å². The van der Waals surface area contributed by atoms with Gasteiger partial charge in [-0.05, 0) is 42.7 Å². The maximum atomic E-state index is 12.3. The van der Waals surface area contributed by atoms with E-state index in [0.717, 1.165) is 22.6 Å². The van der Waals surface area contributed by atoms with Gasteiger partial charge in [0.25, 0.3) is 0 Å². The third-order valence-corrected chi connectivity index (χ3v) is 4.65. The first-order valence-electron chi connectivity index (χ1n) is 8.21. The highest BCUT2D eigenvalue weighted by atomic mass is 32.2. The van der Waals surface area contributed by atoms with Crippen LogP contribution in [-0.4, -0.2) is 17.4 Å². The van der Waals surface area contributed by atoms with Crippen LogP contribution in [0.1, 0.15) is 42.6 Å². The number of hydrogen-bond donors (Lipinski definition) is 1. The standard InChI is InChI=1S/C20H23NO2S/c1-3-4-5-16-6-8-17(9-7-16)20(23)14-24-19-12-10-18(11-13-19)21-15(2)22/h6-13H,3-5,14H2,1-2H3,(H,21,22). The van der Waals surface area contributed by atoms with Crippen molar-refractivity contribution in [1.29, 1.82) is 0 Å². The van der Waals surface area contributed by atoms with Crippen LogP contribution in [0.15, 0.2) is 53.4 Å². The lowest BCUT2D eigenvalue weighted by Crippen LogP contribution is -2.05. The Balaban J connectivity index is 1.87. The molecule has 0 fully saturated rings. The molecule has 0 aliphatic rings. The molecule has 0 bridgehead atoms. The highest BCUT2D eigenvalue weighted by Crippen LogP contribution is 2.21. The Morgan fingerprint density at radius 1 is 1.00 bits per heavy atom. The minimum Gasteiger partial charge on any atom is -0.326 e. The first kappa shape index (κ1) is 18.3. The van der Waals surface area contributed by atoms with Crippen LogP contribution >= 0.6 is 11.8 Å². The van der Waals surface area contributed by atoms with Gasteiger partial charge in [0.05, 0.1) is 5.75 Å². The van der Waals surface area contributed by atoms with Gasteiger partial charge in [0, 0.05) is 23.1 Å². The second kappa shape index (κ2) is 9.28. The summed E-state index contributed by atoms with van der Waals surface area (Å²) in [5, 5.41) is 2.73. The van der Waals surface area contributed by atoms with Crippen LogP contribution in [0.3, 0.4) is 0 Å². The fourth-order valence-corrected chi connectivity index (χ4v) is 3.10. The van der Waals surface area contributed by atoms with Crippen molar-refractivity contribution in [1.82, 2.24) is 0 Å². The van der Waals surface area contributed by atoms with E-state index in [9.17, 15) is 9.59 Å². The SMILES string of the molecule is CCCCc1ccc(C(=O)CSc2ccc(NC(C)=O)cc2)cc1. The molecule has 3 nitrogen and oxygen atoms in total. The normalized spacial score (nSPS) is 10.4. The molecule has 2 rings (SSSR count). The Morgan fingerprint density at radius 2 is 1.67 bits per heavy atom. The van der Waals surface area contributed by atoms with Crippen LogP contribution < -0.4 is 5.32 Å². The average molecular weight is 341 g/mol. The molecule has 0 aromatic heterocycles. The van der Waals surface area contributed by atoms with Gasteiger partial charge >= 0.3 is 0 Å². The summed E-state index contributed by atoms with van der Waals surface area (Å²) in [5.41, 5.74) is 2.81. The molecular formula is C20H23NO2S. The lowest BCUT2D eigenvalue weighted by Gasteiger charge is -2.05. The van der Waals surface area contributed by atoms with Gasteiger partial charge in [-0.25, -0.2) is 0 Å². The molecule has 0 heterocycles. The number of amides is 1. The number of unbranched alkanes of at least 4 members (excludes halogenated alkanes) is 1. The summed E-state index contributed by atoms with van der Waals surface area (Å²) in [7, 11) is 0. The number of rotatable bonds is 8. The van der Waals surface area contributed by atoms with Crippen LogP contribution in [0.25, 0.3) is 0 Å². The molecule has 0 saturated carbocycles. The van der Waals surface area contributed by atoms with Crippen molar-refractivity contribution in [2.24, 2.45) is 0 Å². The van der Waals surface area contributed by atoms with Crippen molar-refractivity contribution in [3.63, 3.8) is 0 Å². The number of ketones is 1. The Morgan fingerprint density at radius 3 is 2.25 bits per heavy atom. The maximum absolute atomic E-state index is 12.3. The van der Waals surface area contributed by atoms with Crippen LogP contribution in [0, 0.1) is 0 Å². The third kappa shape index (κ3) is 5.85. The van der Waals surface area contributed by atoms with Crippen molar-refractivity contribution < 1.29 is 9.59 Å². The summed E-state index contributed by atoms with van der Waals surface area (Å²) >= 11 is 1.51. The number of carbonyl (C=O) groups is 2. The summed E-state index contributed by atoms with van der Waals surface area (Å²) in [6.45, 7) is 3.66. The highest BCUT2D eigenvalue weighted by Gasteiger charge is 2.07. The maximum Gasteiger partial charge on any atom is 0.221 e. The second-order valence-electron chi connectivity index (χ2n) is 5.72. The van der Waals surface area contributed by atoms with E-state index in [1.54, 1.807) is 0 Å². The summed E-state index contributed by atoms with van der Waals surface area (Å²) in [6, 6.07) is 15.5. The summed E-state index contributed by atoms with van der Waals surface area (Å²) in [6.07, 6.45) is 3.43. The molecular weight excluding hydrogens is 318 g/mol. The largest absolute Gasteiger partial charge is 0.326 e. The average Bonchev–Trinajstić information content (AvgIpc) is 2.59. The van der Waals surface area contributed by atoms with Gasteiger partial charge in [0.15, 0.2) is 5.78 Å². The Hall–Kier alpha value is -2.07. The summed E-state index contributed by atoms with van der Waals surface area (Å²) in [5.74, 6) is 0.453. The van der Waals surface area contributed by atoms with Crippen molar-refractivity contribution in [2.45, 2.75) is 38.0 Å². The Labute approximate surface area is 147 Å². The monoisotopic (exact) mass is 341 g/mol. The number of anilines is 1. The molecule has 0 radical (unpaired) electrons. The number of nitrogens with one attached hydrogen (secondary N) is 1. The van der Waals surface area contributed by atoms with E-state index < -0.39 is 0 Å². The van der Waals surface area contributed by atoms with Crippen LogP contribution in [0.4, 0.5) is 5.69 Å². The van der Waals surface area contributed by atoms with E-state index >= 15 is 0 Å². The molecule has 24 heavy (non-hydrogen) atoms. The molecule has 126 valence electrons. The molecule has 1 N–H and O–H groups in total. The molecule has 0 aliphatic heterocycles. The summed E-state index contributed by atoms with van der Waals surface area (Å²) in [4.78, 5) is 24.3. The van der Waals surface area contributed by atoms with Gasteiger partial charge in [-0.1, -0.05) is 37.6 Å². The number of benzene rings is 2. The molecule has 2 aromatic rings. The lowest BCUT2D eigenvalue weighted by atomic mass is 10.1. The van der Waals surface area contributed by atoms with E-state index in [1.165, 1.54) is 37.1 Å². The summed E-state index contributed by atoms with van der Waals surface area (Å²) < 4.78 is 0. The quantitative estimate of drug-likeness (QED) is 0.545. The second-order valence-corrected chi connectivity index (χ2v) is 6.77. The molecule has 0 saturated heterocycles. The molecule has 0 aliphatic carbocycles. The van der Waals surface area contributed by atoms with Gasteiger partial charge in [-0.15, -0.1) is 11.8 Å².